The number of hydrogen-bond donors (Lipinski definition) is 1. The second-order valence-electron chi connectivity index (χ2n) is 5.16. The second-order valence-corrected chi connectivity index (χ2v) is 5.16. The Bertz CT molecular complexity index is 177. The Kier molecular flexibility index (Phi) is 3.45. The van der Waals surface area contributed by atoms with Gasteiger partial charge in [-0.15, -0.1) is 0 Å². The van der Waals surface area contributed by atoms with E-state index in [4.69, 9.17) is 0 Å². The van der Waals surface area contributed by atoms with Crippen molar-refractivity contribution in [2.75, 3.05) is 20.1 Å². The molecule has 2 atom stereocenters. The summed E-state index contributed by atoms with van der Waals surface area (Å²) < 4.78 is 0. The number of piperidine rings is 1. The van der Waals surface area contributed by atoms with E-state index in [1.807, 2.05) is 0 Å². The lowest BCUT2D eigenvalue weighted by molar-refractivity contribution is 0.177. The predicted octanol–water partition coefficient (Wildman–Crippen LogP) is 1.86. The standard InChI is InChI=1S/C12H24N2/c1-10(11-6-7-11)13-9-12-5-3-4-8-14(12)2/h10-13H,3-9H2,1-2H3. The Morgan fingerprint density at radius 3 is 2.71 bits per heavy atom. The van der Waals surface area contributed by atoms with Gasteiger partial charge in [-0.1, -0.05) is 6.42 Å². The highest BCUT2D eigenvalue weighted by Gasteiger charge is 2.28. The first-order valence-electron chi connectivity index (χ1n) is 6.21. The Morgan fingerprint density at radius 2 is 2.07 bits per heavy atom. The van der Waals surface area contributed by atoms with E-state index in [9.17, 15) is 0 Å². The average molecular weight is 196 g/mol. The van der Waals surface area contributed by atoms with Crippen LogP contribution < -0.4 is 5.32 Å². The van der Waals surface area contributed by atoms with E-state index in [0.717, 1.165) is 18.0 Å². The number of rotatable bonds is 4. The van der Waals surface area contributed by atoms with E-state index in [1.54, 1.807) is 0 Å². The molecular formula is C12H24N2. The fraction of sp³-hybridized carbons (Fsp3) is 1.00. The molecule has 2 rings (SSSR count). The molecule has 0 radical (unpaired) electrons. The topological polar surface area (TPSA) is 15.3 Å². The monoisotopic (exact) mass is 196 g/mol. The molecule has 0 spiro atoms. The fourth-order valence-electron chi connectivity index (χ4n) is 2.49. The van der Waals surface area contributed by atoms with Gasteiger partial charge < -0.3 is 10.2 Å². The van der Waals surface area contributed by atoms with Gasteiger partial charge in [0, 0.05) is 18.6 Å². The van der Waals surface area contributed by atoms with Crippen LogP contribution in [-0.2, 0) is 0 Å². The van der Waals surface area contributed by atoms with Crippen LogP contribution in [0.1, 0.15) is 39.0 Å². The molecule has 1 saturated heterocycles. The van der Waals surface area contributed by atoms with Crippen molar-refractivity contribution in [3.8, 4) is 0 Å². The average Bonchev–Trinajstić information content (AvgIpc) is 2.99. The molecule has 2 fully saturated rings. The van der Waals surface area contributed by atoms with E-state index in [-0.39, 0.29) is 0 Å². The van der Waals surface area contributed by atoms with E-state index in [2.05, 4.69) is 24.2 Å². The van der Waals surface area contributed by atoms with Crippen molar-refractivity contribution in [1.29, 1.82) is 0 Å². The zero-order valence-electron chi connectivity index (χ0n) is 9.63. The summed E-state index contributed by atoms with van der Waals surface area (Å²) in [7, 11) is 2.27. The molecule has 82 valence electrons. The largest absolute Gasteiger partial charge is 0.312 e. The Balaban J connectivity index is 1.67. The highest BCUT2D eigenvalue weighted by molar-refractivity contribution is 4.85. The summed E-state index contributed by atoms with van der Waals surface area (Å²) in [6.07, 6.45) is 7.11. The van der Waals surface area contributed by atoms with Crippen LogP contribution in [0.4, 0.5) is 0 Å². The van der Waals surface area contributed by atoms with Crippen molar-refractivity contribution in [1.82, 2.24) is 10.2 Å². The maximum Gasteiger partial charge on any atom is 0.0217 e. The first kappa shape index (κ1) is 10.4. The van der Waals surface area contributed by atoms with Gasteiger partial charge in [0.2, 0.25) is 0 Å². The van der Waals surface area contributed by atoms with Gasteiger partial charge in [-0.2, -0.15) is 0 Å². The normalized spacial score (nSPS) is 31.7. The van der Waals surface area contributed by atoms with E-state index in [1.165, 1.54) is 45.2 Å². The van der Waals surface area contributed by atoms with E-state index < -0.39 is 0 Å². The molecule has 2 unspecified atom stereocenters. The van der Waals surface area contributed by atoms with E-state index >= 15 is 0 Å². The third-order valence-corrected chi connectivity index (χ3v) is 3.93. The first-order valence-corrected chi connectivity index (χ1v) is 6.21. The van der Waals surface area contributed by atoms with Crippen LogP contribution >= 0.6 is 0 Å². The molecule has 0 aromatic heterocycles. The summed E-state index contributed by atoms with van der Waals surface area (Å²) in [5.74, 6) is 0.990. The SMILES string of the molecule is CC(NCC1CCCCN1C)C1CC1. The lowest BCUT2D eigenvalue weighted by Gasteiger charge is -2.33. The van der Waals surface area contributed by atoms with Crippen molar-refractivity contribution in [3.63, 3.8) is 0 Å². The molecule has 0 aromatic carbocycles. The van der Waals surface area contributed by atoms with Crippen LogP contribution in [0.5, 0.6) is 0 Å². The molecule has 0 bridgehead atoms. The molecule has 14 heavy (non-hydrogen) atoms. The van der Waals surface area contributed by atoms with Gasteiger partial charge in [0.25, 0.3) is 0 Å². The van der Waals surface area contributed by atoms with Crippen LogP contribution in [0.25, 0.3) is 0 Å². The van der Waals surface area contributed by atoms with Gasteiger partial charge in [0.15, 0.2) is 0 Å². The minimum absolute atomic E-state index is 0.755. The van der Waals surface area contributed by atoms with Crippen LogP contribution in [0, 0.1) is 5.92 Å². The molecule has 0 amide bonds. The maximum absolute atomic E-state index is 3.70. The summed E-state index contributed by atoms with van der Waals surface area (Å²) in [6, 6.07) is 1.55. The quantitative estimate of drug-likeness (QED) is 0.738. The third-order valence-electron chi connectivity index (χ3n) is 3.93. The summed E-state index contributed by atoms with van der Waals surface area (Å²) in [5, 5.41) is 3.70. The zero-order valence-corrected chi connectivity index (χ0v) is 9.63. The summed E-state index contributed by atoms with van der Waals surface area (Å²) in [5.41, 5.74) is 0. The van der Waals surface area contributed by atoms with Crippen molar-refractivity contribution < 1.29 is 0 Å². The highest BCUT2D eigenvalue weighted by atomic mass is 15.2. The van der Waals surface area contributed by atoms with Crippen LogP contribution in [0.15, 0.2) is 0 Å². The molecule has 0 aromatic rings. The molecule has 1 saturated carbocycles. The third kappa shape index (κ3) is 2.71. The van der Waals surface area contributed by atoms with Gasteiger partial charge in [-0.25, -0.2) is 0 Å². The molecular weight excluding hydrogens is 172 g/mol. The van der Waals surface area contributed by atoms with Gasteiger partial charge in [-0.3, -0.25) is 0 Å². The highest BCUT2D eigenvalue weighted by Crippen LogP contribution is 2.32. The number of likely N-dealkylation sites (tertiary alicyclic amines) is 1. The molecule has 1 heterocycles. The van der Waals surface area contributed by atoms with Gasteiger partial charge in [0.1, 0.15) is 0 Å². The molecule has 1 aliphatic heterocycles. The fourth-order valence-corrected chi connectivity index (χ4v) is 2.49. The van der Waals surface area contributed by atoms with E-state index in [0.29, 0.717) is 0 Å². The van der Waals surface area contributed by atoms with Crippen LogP contribution in [0.3, 0.4) is 0 Å². The molecule has 2 nitrogen and oxygen atoms in total. The number of hydrogen-bond acceptors (Lipinski definition) is 2. The molecule has 1 aliphatic carbocycles. The predicted molar refractivity (Wildman–Crippen MR) is 60.5 cm³/mol. The van der Waals surface area contributed by atoms with Crippen molar-refractivity contribution in [2.24, 2.45) is 5.92 Å². The smallest absolute Gasteiger partial charge is 0.0217 e. The Morgan fingerprint density at radius 1 is 1.29 bits per heavy atom. The maximum atomic E-state index is 3.70. The Labute approximate surface area is 88.1 Å². The molecule has 2 aliphatic rings. The van der Waals surface area contributed by atoms with Gasteiger partial charge in [-0.05, 0) is 52.1 Å². The number of nitrogens with one attached hydrogen (secondary N) is 1. The van der Waals surface area contributed by atoms with Gasteiger partial charge in [0.05, 0.1) is 0 Å². The molecule has 1 N–H and O–H groups in total. The summed E-state index contributed by atoms with van der Waals surface area (Å²) >= 11 is 0. The van der Waals surface area contributed by atoms with Crippen LogP contribution in [0.2, 0.25) is 0 Å². The Hall–Kier alpha value is -0.0800. The zero-order chi connectivity index (χ0) is 9.97. The minimum Gasteiger partial charge on any atom is -0.312 e. The summed E-state index contributed by atoms with van der Waals surface area (Å²) in [6.45, 7) is 4.85. The van der Waals surface area contributed by atoms with Crippen molar-refractivity contribution in [3.05, 3.63) is 0 Å². The number of nitrogens with zero attached hydrogens (tertiary/aromatic N) is 1. The van der Waals surface area contributed by atoms with Crippen molar-refractivity contribution >= 4 is 0 Å². The van der Waals surface area contributed by atoms with Crippen LogP contribution in [-0.4, -0.2) is 37.1 Å². The van der Waals surface area contributed by atoms with Crippen molar-refractivity contribution in [2.45, 2.75) is 51.1 Å². The summed E-state index contributed by atoms with van der Waals surface area (Å²) in [4.78, 5) is 2.52. The van der Waals surface area contributed by atoms with Gasteiger partial charge >= 0.3 is 0 Å². The second kappa shape index (κ2) is 4.63. The minimum atomic E-state index is 0.755. The lowest BCUT2D eigenvalue weighted by atomic mass is 10.0. The number of likely N-dealkylation sites (N-methyl/N-ethyl adjacent to an activating group) is 1. The first-order chi connectivity index (χ1) is 6.77. The molecule has 2 heteroatoms. The lowest BCUT2D eigenvalue weighted by Crippen LogP contribution is -2.45.